The van der Waals surface area contributed by atoms with Gasteiger partial charge in [0.2, 0.25) is 5.78 Å². The third-order valence-corrected chi connectivity index (χ3v) is 3.72. The molecule has 0 atom stereocenters. The highest BCUT2D eigenvalue weighted by Crippen LogP contribution is 2.25. The Labute approximate surface area is 133 Å². The molecule has 0 fully saturated rings. The number of carbonyl (C=O) groups is 1. The number of imidazole rings is 1. The minimum Gasteiger partial charge on any atom is -0.296 e. The summed E-state index contributed by atoms with van der Waals surface area (Å²) in [5.74, 6) is -0.0526. The van der Waals surface area contributed by atoms with Crippen LogP contribution in [0.15, 0.2) is 79.3 Å². The van der Waals surface area contributed by atoms with Crippen LogP contribution in [0.5, 0.6) is 0 Å². The molecule has 0 aliphatic carbocycles. The van der Waals surface area contributed by atoms with E-state index in [4.69, 9.17) is 0 Å². The van der Waals surface area contributed by atoms with Crippen LogP contribution in [0.4, 0.5) is 0 Å². The first-order chi connectivity index (χ1) is 11.3. The Morgan fingerprint density at radius 2 is 1.74 bits per heavy atom. The quantitative estimate of drug-likeness (QED) is 0.543. The van der Waals surface area contributed by atoms with Crippen LogP contribution in [-0.4, -0.2) is 20.2 Å². The molecule has 4 rings (SSSR count). The molecule has 0 N–H and O–H groups in total. The first-order valence-electron chi connectivity index (χ1n) is 7.32. The van der Waals surface area contributed by atoms with Gasteiger partial charge in [-0.15, -0.1) is 0 Å². The number of aromatic nitrogens is 3. The fraction of sp³-hybridized carbons (Fsp3) is 0. The van der Waals surface area contributed by atoms with Gasteiger partial charge in [-0.2, -0.15) is 0 Å². The molecule has 23 heavy (non-hydrogen) atoms. The minimum absolute atomic E-state index is 0.0526. The summed E-state index contributed by atoms with van der Waals surface area (Å²) in [5, 5.41) is 0. The van der Waals surface area contributed by atoms with E-state index in [1.54, 1.807) is 12.4 Å². The van der Waals surface area contributed by atoms with E-state index in [0.717, 1.165) is 11.2 Å². The second-order valence-electron chi connectivity index (χ2n) is 5.17. The van der Waals surface area contributed by atoms with Crippen molar-refractivity contribution in [2.75, 3.05) is 0 Å². The molecule has 0 amide bonds. The van der Waals surface area contributed by atoms with E-state index >= 15 is 0 Å². The van der Waals surface area contributed by atoms with Gasteiger partial charge in [0, 0.05) is 29.7 Å². The van der Waals surface area contributed by atoms with Crippen molar-refractivity contribution in [2.45, 2.75) is 0 Å². The van der Waals surface area contributed by atoms with E-state index in [2.05, 4.69) is 9.97 Å². The third kappa shape index (κ3) is 2.30. The normalized spacial score (nSPS) is 10.8. The van der Waals surface area contributed by atoms with Crippen LogP contribution in [0.25, 0.3) is 16.9 Å². The summed E-state index contributed by atoms with van der Waals surface area (Å²) in [6.45, 7) is 0. The molecule has 4 heteroatoms. The Hall–Kier alpha value is -3.27. The van der Waals surface area contributed by atoms with E-state index in [9.17, 15) is 4.79 Å². The second-order valence-corrected chi connectivity index (χ2v) is 5.17. The predicted octanol–water partition coefficient (Wildman–Crippen LogP) is 3.63. The van der Waals surface area contributed by atoms with Gasteiger partial charge < -0.3 is 0 Å². The predicted molar refractivity (Wildman–Crippen MR) is 88.3 cm³/mol. The van der Waals surface area contributed by atoms with E-state index in [0.29, 0.717) is 17.0 Å². The van der Waals surface area contributed by atoms with Crippen molar-refractivity contribution in [1.82, 2.24) is 14.4 Å². The van der Waals surface area contributed by atoms with Gasteiger partial charge in [-0.1, -0.05) is 36.4 Å². The summed E-state index contributed by atoms with van der Waals surface area (Å²) in [4.78, 5) is 21.8. The van der Waals surface area contributed by atoms with Crippen molar-refractivity contribution < 1.29 is 4.79 Å². The summed E-state index contributed by atoms with van der Waals surface area (Å²) in [5.41, 5.74) is 3.42. The molecule has 0 aliphatic heterocycles. The number of fused-ring (bicyclic) bond motifs is 1. The SMILES string of the molecule is O=C(c1ccccc1)c1c(-c2cccnc2)nc2ccccn12. The number of benzene rings is 1. The number of carbonyl (C=O) groups excluding carboxylic acids is 1. The molecule has 4 aromatic rings. The van der Waals surface area contributed by atoms with E-state index in [-0.39, 0.29) is 5.78 Å². The van der Waals surface area contributed by atoms with E-state index < -0.39 is 0 Å². The van der Waals surface area contributed by atoms with Gasteiger partial charge in [0.15, 0.2) is 0 Å². The molecule has 0 saturated heterocycles. The van der Waals surface area contributed by atoms with E-state index in [1.807, 2.05) is 71.3 Å². The lowest BCUT2D eigenvalue weighted by Gasteiger charge is -2.04. The molecular weight excluding hydrogens is 286 g/mol. The van der Waals surface area contributed by atoms with Gasteiger partial charge in [-0.3, -0.25) is 14.2 Å². The van der Waals surface area contributed by atoms with Crippen LogP contribution in [0, 0.1) is 0 Å². The zero-order chi connectivity index (χ0) is 15.6. The highest BCUT2D eigenvalue weighted by Gasteiger charge is 2.21. The molecule has 1 aromatic carbocycles. The summed E-state index contributed by atoms with van der Waals surface area (Å²) in [6.07, 6.45) is 5.29. The van der Waals surface area contributed by atoms with Crippen LogP contribution < -0.4 is 0 Å². The van der Waals surface area contributed by atoms with Gasteiger partial charge in [0.1, 0.15) is 17.0 Å². The second kappa shape index (κ2) is 5.50. The highest BCUT2D eigenvalue weighted by molar-refractivity contribution is 6.11. The molecule has 0 unspecified atom stereocenters. The number of pyridine rings is 2. The molecule has 0 saturated carbocycles. The fourth-order valence-electron chi connectivity index (χ4n) is 2.64. The number of nitrogens with zero attached hydrogens (tertiary/aromatic N) is 3. The van der Waals surface area contributed by atoms with Crippen LogP contribution in [0.1, 0.15) is 16.1 Å². The Morgan fingerprint density at radius 3 is 2.52 bits per heavy atom. The van der Waals surface area contributed by atoms with Crippen molar-refractivity contribution in [1.29, 1.82) is 0 Å². The summed E-state index contributed by atoms with van der Waals surface area (Å²) in [7, 11) is 0. The van der Waals surface area contributed by atoms with Crippen LogP contribution >= 0.6 is 0 Å². The largest absolute Gasteiger partial charge is 0.296 e. The highest BCUT2D eigenvalue weighted by atomic mass is 16.1. The molecule has 4 nitrogen and oxygen atoms in total. The molecule has 0 spiro atoms. The van der Waals surface area contributed by atoms with Crippen molar-refractivity contribution >= 4 is 11.4 Å². The monoisotopic (exact) mass is 299 g/mol. The number of ketones is 1. The topological polar surface area (TPSA) is 47.3 Å². The van der Waals surface area contributed by atoms with Crippen molar-refractivity contribution in [3.8, 4) is 11.3 Å². The maximum atomic E-state index is 13.0. The van der Waals surface area contributed by atoms with E-state index in [1.165, 1.54) is 0 Å². The smallest absolute Gasteiger partial charge is 0.212 e. The fourth-order valence-corrected chi connectivity index (χ4v) is 2.64. The maximum absolute atomic E-state index is 13.0. The molecule has 110 valence electrons. The summed E-state index contributed by atoms with van der Waals surface area (Å²) < 4.78 is 1.83. The van der Waals surface area contributed by atoms with Crippen LogP contribution in [0.3, 0.4) is 0 Å². The van der Waals surface area contributed by atoms with Gasteiger partial charge in [0.25, 0.3) is 0 Å². The first kappa shape index (κ1) is 13.4. The number of hydrogen-bond donors (Lipinski definition) is 0. The Bertz CT molecular complexity index is 975. The van der Waals surface area contributed by atoms with Crippen molar-refractivity contribution in [2.24, 2.45) is 0 Å². The van der Waals surface area contributed by atoms with Crippen LogP contribution in [-0.2, 0) is 0 Å². The summed E-state index contributed by atoms with van der Waals surface area (Å²) >= 11 is 0. The number of rotatable bonds is 3. The van der Waals surface area contributed by atoms with Crippen LogP contribution in [0.2, 0.25) is 0 Å². The molecule has 3 aromatic heterocycles. The molecule has 0 bridgehead atoms. The van der Waals surface area contributed by atoms with Gasteiger partial charge in [0.05, 0.1) is 0 Å². The standard InChI is InChI=1S/C19H13N3O/c23-19(14-7-2-1-3-8-14)18-17(15-9-6-11-20-13-15)21-16-10-4-5-12-22(16)18/h1-13H. The lowest BCUT2D eigenvalue weighted by molar-refractivity contribution is 0.103. The zero-order valence-corrected chi connectivity index (χ0v) is 12.3. The van der Waals surface area contributed by atoms with Gasteiger partial charge in [-0.05, 0) is 24.3 Å². The van der Waals surface area contributed by atoms with Gasteiger partial charge >= 0.3 is 0 Å². The van der Waals surface area contributed by atoms with Gasteiger partial charge in [-0.25, -0.2) is 4.98 Å². The lowest BCUT2D eigenvalue weighted by atomic mass is 10.0. The molecular formula is C19H13N3O. The molecule has 0 aliphatic rings. The Morgan fingerprint density at radius 1 is 0.913 bits per heavy atom. The average molecular weight is 299 g/mol. The third-order valence-electron chi connectivity index (χ3n) is 3.72. The minimum atomic E-state index is -0.0526. The molecule has 0 radical (unpaired) electrons. The lowest BCUT2D eigenvalue weighted by Crippen LogP contribution is -2.06. The number of hydrogen-bond acceptors (Lipinski definition) is 3. The first-order valence-corrected chi connectivity index (χ1v) is 7.32. The van der Waals surface area contributed by atoms with Crippen molar-refractivity contribution in [3.05, 3.63) is 90.5 Å². The Balaban J connectivity index is 1.99. The maximum Gasteiger partial charge on any atom is 0.212 e. The molecule has 3 heterocycles. The Kier molecular flexibility index (Phi) is 3.20. The average Bonchev–Trinajstić information content (AvgIpc) is 3.02. The zero-order valence-electron chi connectivity index (χ0n) is 12.3. The van der Waals surface area contributed by atoms with Crippen molar-refractivity contribution in [3.63, 3.8) is 0 Å². The summed E-state index contributed by atoms with van der Waals surface area (Å²) in [6, 6.07) is 18.7.